The van der Waals surface area contributed by atoms with Gasteiger partial charge in [-0.05, 0) is 30.7 Å². The predicted octanol–water partition coefficient (Wildman–Crippen LogP) is 2.57. The van der Waals surface area contributed by atoms with E-state index in [1.54, 1.807) is 0 Å². The summed E-state index contributed by atoms with van der Waals surface area (Å²) >= 11 is 0. The summed E-state index contributed by atoms with van der Waals surface area (Å²) in [5.74, 6) is 0.491. The van der Waals surface area contributed by atoms with Gasteiger partial charge >= 0.3 is 5.97 Å². The van der Waals surface area contributed by atoms with Crippen LogP contribution in [0.1, 0.15) is 24.8 Å². The molecule has 0 aliphatic carbocycles. The van der Waals surface area contributed by atoms with E-state index in [2.05, 4.69) is 24.3 Å². The Kier molecular flexibility index (Phi) is 3.38. The first-order valence-electron chi connectivity index (χ1n) is 5.54. The van der Waals surface area contributed by atoms with E-state index < -0.39 is 0 Å². The third kappa shape index (κ3) is 3.08. The molecule has 1 atom stereocenters. The van der Waals surface area contributed by atoms with Gasteiger partial charge in [0.1, 0.15) is 0 Å². The molecule has 1 saturated heterocycles. The summed E-state index contributed by atoms with van der Waals surface area (Å²) in [7, 11) is 0. The lowest BCUT2D eigenvalue weighted by Crippen LogP contribution is -2.21. The number of carbonyl (C=O) groups excluding carboxylic acids is 1. The molecule has 0 amide bonds. The van der Waals surface area contributed by atoms with Crippen molar-refractivity contribution in [3.05, 3.63) is 35.9 Å². The van der Waals surface area contributed by atoms with Crippen LogP contribution in [0.5, 0.6) is 0 Å². The number of rotatable bonds is 3. The van der Waals surface area contributed by atoms with Gasteiger partial charge in [-0.2, -0.15) is 0 Å². The fourth-order valence-electron chi connectivity index (χ4n) is 2.00. The highest BCUT2D eigenvalue weighted by Gasteiger charge is 2.19. The fraction of sp³-hybridized carbons (Fsp3) is 0.462. The van der Waals surface area contributed by atoms with Gasteiger partial charge in [0.25, 0.3) is 0 Å². The van der Waals surface area contributed by atoms with Crippen molar-refractivity contribution >= 4 is 5.97 Å². The molecule has 15 heavy (non-hydrogen) atoms. The lowest BCUT2D eigenvalue weighted by molar-refractivity contribution is -0.149. The molecule has 1 fully saturated rings. The molecule has 0 saturated carbocycles. The Labute approximate surface area is 90.3 Å². The van der Waals surface area contributed by atoms with Crippen molar-refractivity contribution in [2.24, 2.45) is 5.92 Å². The summed E-state index contributed by atoms with van der Waals surface area (Å²) in [6, 6.07) is 10.4. The van der Waals surface area contributed by atoms with Crippen LogP contribution in [0.2, 0.25) is 0 Å². The largest absolute Gasteiger partial charge is 0.466 e. The number of cyclic esters (lactones) is 1. The molecular weight excluding hydrogens is 188 g/mol. The number of hydrogen-bond donors (Lipinski definition) is 0. The van der Waals surface area contributed by atoms with E-state index in [1.807, 2.05) is 6.07 Å². The Bertz CT molecular complexity index is 319. The first-order chi connectivity index (χ1) is 7.34. The van der Waals surface area contributed by atoms with Crippen LogP contribution >= 0.6 is 0 Å². The molecule has 2 rings (SSSR count). The summed E-state index contributed by atoms with van der Waals surface area (Å²) in [5, 5.41) is 0. The number of benzene rings is 1. The average Bonchev–Trinajstić information content (AvgIpc) is 2.28. The predicted molar refractivity (Wildman–Crippen MR) is 58.4 cm³/mol. The van der Waals surface area contributed by atoms with Gasteiger partial charge in [0.15, 0.2) is 0 Å². The van der Waals surface area contributed by atoms with Crippen molar-refractivity contribution in [1.29, 1.82) is 0 Å². The second-order valence-corrected chi connectivity index (χ2v) is 4.10. The first kappa shape index (κ1) is 10.2. The van der Waals surface area contributed by atoms with Gasteiger partial charge < -0.3 is 4.74 Å². The second kappa shape index (κ2) is 4.96. The quantitative estimate of drug-likeness (QED) is 0.707. The van der Waals surface area contributed by atoms with Crippen LogP contribution in [0.4, 0.5) is 0 Å². The SMILES string of the molecule is O=C1CC(CCc2ccccc2)CCO1. The van der Waals surface area contributed by atoms with Crippen LogP contribution in [0.25, 0.3) is 0 Å². The number of aryl methyl sites for hydroxylation is 1. The van der Waals surface area contributed by atoms with Crippen molar-refractivity contribution in [2.75, 3.05) is 6.61 Å². The van der Waals surface area contributed by atoms with Crippen LogP contribution in [0, 0.1) is 5.92 Å². The van der Waals surface area contributed by atoms with E-state index in [0.717, 1.165) is 19.3 Å². The van der Waals surface area contributed by atoms with Gasteiger partial charge in [0.05, 0.1) is 6.61 Å². The van der Waals surface area contributed by atoms with Gasteiger partial charge in [-0.25, -0.2) is 0 Å². The maximum Gasteiger partial charge on any atom is 0.306 e. The monoisotopic (exact) mass is 204 g/mol. The standard InChI is InChI=1S/C13H16O2/c14-13-10-12(8-9-15-13)7-6-11-4-2-1-3-5-11/h1-5,12H,6-10H2. The van der Waals surface area contributed by atoms with Crippen molar-refractivity contribution in [3.8, 4) is 0 Å². The van der Waals surface area contributed by atoms with Crippen molar-refractivity contribution in [2.45, 2.75) is 25.7 Å². The number of carbonyl (C=O) groups is 1. The topological polar surface area (TPSA) is 26.3 Å². The summed E-state index contributed by atoms with van der Waals surface area (Å²) in [6.07, 6.45) is 3.79. The number of esters is 1. The Morgan fingerprint density at radius 3 is 2.80 bits per heavy atom. The van der Waals surface area contributed by atoms with E-state index in [1.165, 1.54) is 5.56 Å². The highest BCUT2D eigenvalue weighted by Crippen LogP contribution is 2.21. The molecule has 0 N–H and O–H groups in total. The number of hydrogen-bond acceptors (Lipinski definition) is 2. The molecule has 1 heterocycles. The van der Waals surface area contributed by atoms with Gasteiger partial charge in [0, 0.05) is 6.42 Å². The smallest absolute Gasteiger partial charge is 0.306 e. The van der Waals surface area contributed by atoms with Gasteiger partial charge in [-0.15, -0.1) is 0 Å². The molecule has 1 aromatic rings. The number of ether oxygens (including phenoxy) is 1. The highest BCUT2D eigenvalue weighted by atomic mass is 16.5. The minimum absolute atomic E-state index is 0.0284. The van der Waals surface area contributed by atoms with Crippen LogP contribution in [0.15, 0.2) is 30.3 Å². The van der Waals surface area contributed by atoms with E-state index >= 15 is 0 Å². The van der Waals surface area contributed by atoms with Crippen molar-refractivity contribution < 1.29 is 9.53 Å². The zero-order valence-electron chi connectivity index (χ0n) is 8.82. The first-order valence-corrected chi connectivity index (χ1v) is 5.54. The molecule has 80 valence electrons. The molecular formula is C13H16O2. The van der Waals surface area contributed by atoms with E-state index in [-0.39, 0.29) is 5.97 Å². The maximum atomic E-state index is 11.1. The molecule has 1 aliphatic rings. The highest BCUT2D eigenvalue weighted by molar-refractivity contribution is 5.70. The minimum Gasteiger partial charge on any atom is -0.466 e. The zero-order valence-corrected chi connectivity index (χ0v) is 8.82. The summed E-state index contributed by atoms with van der Waals surface area (Å²) in [6.45, 7) is 0.609. The molecule has 0 radical (unpaired) electrons. The normalized spacial score (nSPS) is 21.1. The molecule has 2 nitrogen and oxygen atoms in total. The summed E-state index contributed by atoms with van der Waals surface area (Å²) < 4.78 is 4.92. The van der Waals surface area contributed by atoms with Crippen LogP contribution in [-0.4, -0.2) is 12.6 Å². The summed E-state index contributed by atoms with van der Waals surface area (Å²) in [5.41, 5.74) is 1.36. The molecule has 0 aromatic heterocycles. The van der Waals surface area contributed by atoms with Crippen molar-refractivity contribution in [1.82, 2.24) is 0 Å². The third-order valence-corrected chi connectivity index (χ3v) is 2.93. The van der Waals surface area contributed by atoms with Crippen molar-refractivity contribution in [3.63, 3.8) is 0 Å². The molecule has 0 spiro atoms. The van der Waals surface area contributed by atoms with E-state index in [0.29, 0.717) is 18.9 Å². The van der Waals surface area contributed by atoms with E-state index in [4.69, 9.17) is 4.74 Å². The van der Waals surface area contributed by atoms with Gasteiger partial charge in [-0.3, -0.25) is 4.79 Å². The maximum absolute atomic E-state index is 11.1. The Balaban J connectivity index is 1.80. The Morgan fingerprint density at radius 2 is 2.07 bits per heavy atom. The molecule has 1 unspecified atom stereocenters. The fourth-order valence-corrected chi connectivity index (χ4v) is 2.00. The minimum atomic E-state index is -0.0284. The van der Waals surface area contributed by atoms with Gasteiger partial charge in [0.2, 0.25) is 0 Å². The molecule has 2 heteroatoms. The Morgan fingerprint density at radius 1 is 1.27 bits per heavy atom. The van der Waals surface area contributed by atoms with Crippen LogP contribution in [-0.2, 0) is 16.0 Å². The average molecular weight is 204 g/mol. The van der Waals surface area contributed by atoms with E-state index in [9.17, 15) is 4.79 Å². The molecule has 1 aromatic carbocycles. The lowest BCUT2D eigenvalue weighted by atomic mass is 9.92. The molecule has 0 bridgehead atoms. The van der Waals surface area contributed by atoms with Gasteiger partial charge in [-0.1, -0.05) is 30.3 Å². The lowest BCUT2D eigenvalue weighted by Gasteiger charge is -2.20. The van der Waals surface area contributed by atoms with Crippen LogP contribution < -0.4 is 0 Å². The zero-order chi connectivity index (χ0) is 10.5. The summed E-state index contributed by atoms with van der Waals surface area (Å²) in [4.78, 5) is 11.1. The third-order valence-electron chi connectivity index (χ3n) is 2.93. The van der Waals surface area contributed by atoms with Crippen LogP contribution in [0.3, 0.4) is 0 Å². The second-order valence-electron chi connectivity index (χ2n) is 4.10. The Hall–Kier alpha value is -1.31. The molecule has 1 aliphatic heterocycles.